The number of nitrogens with two attached hydrogens (primary N) is 1. The van der Waals surface area contributed by atoms with Gasteiger partial charge >= 0.3 is 0 Å². The van der Waals surface area contributed by atoms with E-state index in [2.05, 4.69) is 10.6 Å². The van der Waals surface area contributed by atoms with Crippen LogP contribution in [0.1, 0.15) is 51.3 Å². The minimum absolute atomic E-state index is 0.0463. The lowest BCUT2D eigenvalue weighted by atomic mass is 9.99. The number of ether oxygens (including phenoxy) is 1. The van der Waals surface area contributed by atoms with Crippen LogP contribution < -0.4 is 16.4 Å². The third-order valence-corrected chi connectivity index (χ3v) is 8.29. The normalized spacial score (nSPS) is 19.1. The number of alkyl halides is 3. The molecule has 2 heterocycles. The molecule has 0 bridgehead atoms. The second-order valence-corrected chi connectivity index (χ2v) is 11.4. The van der Waals surface area contributed by atoms with Gasteiger partial charge in [-0.25, -0.2) is 4.39 Å². The van der Waals surface area contributed by atoms with Crippen molar-refractivity contribution in [3.63, 3.8) is 0 Å². The molecular weight excluding hydrogens is 583 g/mol. The van der Waals surface area contributed by atoms with Crippen LogP contribution in [0.2, 0.25) is 0 Å². The van der Waals surface area contributed by atoms with E-state index < -0.39 is 54.5 Å². The van der Waals surface area contributed by atoms with Crippen LogP contribution in [0.4, 0.5) is 13.2 Å². The van der Waals surface area contributed by atoms with Gasteiger partial charge in [-0.2, -0.15) is 8.78 Å². The molecule has 4 rings (SSSR count). The second kappa shape index (κ2) is 13.0. The summed E-state index contributed by atoms with van der Waals surface area (Å²) in [6.45, 7) is 0.415. The SMILES string of the molecule is COC[C@@]1(F)C[C@@H](C(=O)NC(C)c2cc(C(=N)N)cs2)N(C(=O)CNC(=O)c2ccc(C(F)(F)c3ccccc3)cc2)C1. The summed E-state index contributed by atoms with van der Waals surface area (Å²) in [6.07, 6.45) is -0.306. The predicted octanol–water partition coefficient (Wildman–Crippen LogP) is 3.74. The number of hydrogen-bond donors (Lipinski definition) is 4. The number of amides is 3. The Labute approximate surface area is 250 Å². The van der Waals surface area contributed by atoms with Gasteiger partial charge in [-0.1, -0.05) is 42.5 Å². The van der Waals surface area contributed by atoms with Gasteiger partial charge in [0.2, 0.25) is 11.8 Å². The van der Waals surface area contributed by atoms with Crippen molar-refractivity contribution in [2.75, 3.05) is 26.8 Å². The standard InChI is InChI=1S/C30H32F3N5O4S/c1-18(24-12-20(15-43-24)26(34)35)37-28(41)23-13-29(31,17-42-2)16-38(23)25(39)14-36-27(40)19-8-10-22(11-9-19)30(32,33)21-6-4-3-5-7-21/h3-12,15,18,23H,13-14,16-17H2,1-2H3,(H3,34,35)(H,36,40)(H,37,41)/t18?,23-,29+/m0/s1. The van der Waals surface area contributed by atoms with E-state index in [4.69, 9.17) is 15.9 Å². The number of nitrogens with zero attached hydrogens (tertiary/aromatic N) is 1. The van der Waals surface area contributed by atoms with E-state index in [1.165, 1.54) is 54.8 Å². The number of hydrogen-bond acceptors (Lipinski definition) is 6. The molecule has 1 fully saturated rings. The van der Waals surface area contributed by atoms with Gasteiger partial charge < -0.3 is 26.0 Å². The van der Waals surface area contributed by atoms with E-state index in [9.17, 15) is 23.2 Å². The molecule has 3 aromatic rings. The summed E-state index contributed by atoms with van der Waals surface area (Å²) in [5.74, 6) is -5.36. The van der Waals surface area contributed by atoms with Crippen molar-refractivity contribution in [1.82, 2.24) is 15.5 Å². The highest BCUT2D eigenvalue weighted by Gasteiger charge is 2.49. The molecule has 1 aliphatic heterocycles. The number of thiophene rings is 1. The van der Waals surface area contributed by atoms with Gasteiger partial charge in [-0.3, -0.25) is 19.8 Å². The Bertz CT molecular complexity index is 1480. The van der Waals surface area contributed by atoms with Gasteiger partial charge in [-0.15, -0.1) is 11.3 Å². The topological polar surface area (TPSA) is 138 Å². The third-order valence-electron chi connectivity index (χ3n) is 7.18. The number of nitrogen functional groups attached to an aromatic ring is 1. The van der Waals surface area contributed by atoms with E-state index >= 15 is 4.39 Å². The molecule has 3 amide bonds. The van der Waals surface area contributed by atoms with E-state index in [-0.39, 0.29) is 35.6 Å². The molecular formula is C30H32F3N5O4S. The van der Waals surface area contributed by atoms with Crippen LogP contribution in [0.25, 0.3) is 0 Å². The highest BCUT2D eigenvalue weighted by Crippen LogP contribution is 2.35. The average molecular weight is 616 g/mol. The van der Waals surface area contributed by atoms with Crippen molar-refractivity contribution in [3.05, 3.63) is 93.2 Å². The Morgan fingerprint density at radius 1 is 1.14 bits per heavy atom. The molecule has 5 N–H and O–H groups in total. The number of amidine groups is 1. The van der Waals surface area contributed by atoms with Gasteiger partial charge in [-0.05, 0) is 25.1 Å². The van der Waals surface area contributed by atoms with Crippen molar-refractivity contribution in [2.45, 2.75) is 37.0 Å². The Morgan fingerprint density at radius 3 is 2.40 bits per heavy atom. The Kier molecular flexibility index (Phi) is 9.55. The van der Waals surface area contributed by atoms with Crippen LogP contribution in [0.5, 0.6) is 0 Å². The molecule has 1 aromatic heterocycles. The van der Waals surface area contributed by atoms with Crippen LogP contribution in [-0.2, 0) is 20.2 Å². The van der Waals surface area contributed by atoms with Gasteiger partial charge in [0.25, 0.3) is 11.8 Å². The summed E-state index contributed by atoms with van der Waals surface area (Å²) in [6, 6.07) is 12.0. The molecule has 3 atom stereocenters. The zero-order valence-corrected chi connectivity index (χ0v) is 24.4. The van der Waals surface area contributed by atoms with Crippen LogP contribution in [-0.4, -0.2) is 67.0 Å². The Morgan fingerprint density at radius 2 is 1.79 bits per heavy atom. The fourth-order valence-electron chi connectivity index (χ4n) is 4.90. The first-order chi connectivity index (χ1) is 20.3. The van der Waals surface area contributed by atoms with Crippen molar-refractivity contribution in [1.29, 1.82) is 5.41 Å². The minimum Gasteiger partial charge on any atom is -0.384 e. The fourth-order valence-corrected chi connectivity index (χ4v) is 5.82. The number of nitrogens with one attached hydrogen (secondary N) is 3. The van der Waals surface area contributed by atoms with Crippen LogP contribution >= 0.6 is 11.3 Å². The van der Waals surface area contributed by atoms with E-state index in [1.807, 2.05) is 0 Å². The summed E-state index contributed by atoms with van der Waals surface area (Å²) >= 11 is 1.30. The van der Waals surface area contributed by atoms with Crippen molar-refractivity contribution >= 4 is 34.9 Å². The van der Waals surface area contributed by atoms with Crippen LogP contribution in [0.3, 0.4) is 0 Å². The number of halogens is 3. The smallest absolute Gasteiger partial charge is 0.298 e. The number of carbonyl (C=O) groups is 3. The minimum atomic E-state index is -3.27. The molecule has 0 spiro atoms. The number of methoxy groups -OCH3 is 1. The van der Waals surface area contributed by atoms with Gasteiger partial charge in [0.1, 0.15) is 11.9 Å². The second-order valence-electron chi connectivity index (χ2n) is 10.4. The third kappa shape index (κ3) is 7.23. The molecule has 1 saturated heterocycles. The fraction of sp³-hybridized carbons (Fsp3) is 0.333. The average Bonchev–Trinajstić information content (AvgIpc) is 3.62. The van der Waals surface area contributed by atoms with Crippen molar-refractivity contribution in [2.24, 2.45) is 5.73 Å². The lowest BCUT2D eigenvalue weighted by molar-refractivity contribution is -0.138. The maximum atomic E-state index is 15.5. The summed E-state index contributed by atoms with van der Waals surface area (Å²) in [4.78, 5) is 40.9. The monoisotopic (exact) mass is 615 g/mol. The quantitative estimate of drug-likeness (QED) is 0.192. The molecule has 43 heavy (non-hydrogen) atoms. The first kappa shape index (κ1) is 31.7. The number of carbonyl (C=O) groups excluding carboxylic acids is 3. The Balaban J connectivity index is 1.41. The summed E-state index contributed by atoms with van der Waals surface area (Å²) in [5, 5.41) is 14.5. The van der Waals surface area contributed by atoms with Gasteiger partial charge in [0.15, 0.2) is 5.67 Å². The number of rotatable bonds is 11. The highest BCUT2D eigenvalue weighted by atomic mass is 32.1. The number of benzene rings is 2. The van der Waals surface area contributed by atoms with Crippen LogP contribution in [0.15, 0.2) is 66.0 Å². The Hall–Kier alpha value is -4.23. The molecule has 1 aliphatic rings. The van der Waals surface area contributed by atoms with Crippen molar-refractivity contribution < 1.29 is 32.3 Å². The van der Waals surface area contributed by atoms with Gasteiger partial charge in [0, 0.05) is 46.0 Å². The maximum absolute atomic E-state index is 15.5. The molecule has 0 radical (unpaired) electrons. The van der Waals surface area contributed by atoms with E-state index in [0.717, 1.165) is 21.9 Å². The summed E-state index contributed by atoms with van der Waals surface area (Å²) in [7, 11) is 1.31. The van der Waals surface area contributed by atoms with Crippen LogP contribution in [0, 0.1) is 5.41 Å². The summed E-state index contributed by atoms with van der Waals surface area (Å²) < 4.78 is 50.2. The first-order valence-corrected chi connectivity index (χ1v) is 14.2. The highest BCUT2D eigenvalue weighted by molar-refractivity contribution is 7.10. The largest absolute Gasteiger partial charge is 0.384 e. The molecule has 228 valence electrons. The summed E-state index contributed by atoms with van der Waals surface area (Å²) in [5.41, 5.74) is 3.60. The van der Waals surface area contributed by atoms with Crippen molar-refractivity contribution in [3.8, 4) is 0 Å². The first-order valence-electron chi connectivity index (χ1n) is 13.4. The molecule has 2 aromatic carbocycles. The van der Waals surface area contributed by atoms with E-state index in [1.54, 1.807) is 24.4 Å². The molecule has 9 nitrogen and oxygen atoms in total. The predicted molar refractivity (Wildman–Crippen MR) is 156 cm³/mol. The lowest BCUT2D eigenvalue weighted by Gasteiger charge is -2.25. The van der Waals surface area contributed by atoms with Gasteiger partial charge in [0.05, 0.1) is 25.7 Å². The molecule has 1 unspecified atom stereocenters. The van der Waals surface area contributed by atoms with E-state index in [0.29, 0.717) is 5.56 Å². The molecule has 13 heteroatoms. The maximum Gasteiger partial charge on any atom is 0.298 e. The lowest BCUT2D eigenvalue weighted by Crippen LogP contribution is -2.49. The molecule has 0 saturated carbocycles. The molecule has 0 aliphatic carbocycles. The zero-order valence-electron chi connectivity index (χ0n) is 23.5. The number of likely N-dealkylation sites (tertiary alicyclic amines) is 1. The zero-order chi connectivity index (χ0) is 31.4.